The van der Waals surface area contributed by atoms with E-state index in [2.05, 4.69) is 211 Å². The third-order valence-electron chi connectivity index (χ3n) is 13.9. The second-order valence-electron chi connectivity index (χ2n) is 17.1. The van der Waals surface area contributed by atoms with Crippen molar-refractivity contribution in [3.8, 4) is 5.69 Å². The third-order valence-corrected chi connectivity index (χ3v) is 21.8. The zero-order valence-electron chi connectivity index (χ0n) is 35.7. The predicted molar refractivity (Wildman–Crippen MR) is 276 cm³/mol. The molecule has 1 aromatic heterocycles. The van der Waals surface area contributed by atoms with Gasteiger partial charge in [-0.2, -0.15) is 0 Å². The van der Waals surface area contributed by atoms with E-state index in [1.807, 2.05) is 60.7 Å². The molecule has 0 aliphatic carbocycles. The van der Waals surface area contributed by atoms with Gasteiger partial charge in [0.2, 0.25) is 0 Å². The van der Waals surface area contributed by atoms with Gasteiger partial charge < -0.3 is 9.13 Å². The average Bonchev–Trinajstić information content (AvgIpc) is 3.74. The summed E-state index contributed by atoms with van der Waals surface area (Å²) in [5, 5.41) is 10.3. The Balaban J connectivity index is 1.15. The van der Waals surface area contributed by atoms with Gasteiger partial charge in [-0.3, -0.25) is 0 Å². The molecule has 0 saturated carbocycles. The van der Waals surface area contributed by atoms with Gasteiger partial charge in [-0.05, 0) is 55.1 Å². The fraction of sp³-hybridized carbons (Fsp3) is 0.0164. The normalized spacial score (nSPS) is 14.6. The number of hydrogen-bond donors (Lipinski definition) is 0. The first-order chi connectivity index (χ1) is 32.1. The van der Waals surface area contributed by atoms with E-state index in [-0.39, 0.29) is 0 Å². The van der Waals surface area contributed by atoms with Gasteiger partial charge in [0.25, 0.3) is 0 Å². The SMILES string of the molecule is O=P(c1ccccc1)(c1ccccc1)c1ccc(C2(c3ccc([Si](c4ccccc4)(c4ccccc4)c4ccccc4)cc3)c3ccccc3-n3c4ccccc4c4cccc2c43)cc1. The maximum atomic E-state index is 15.8. The van der Waals surface area contributed by atoms with Gasteiger partial charge >= 0.3 is 0 Å². The molecule has 2 nitrogen and oxygen atoms in total. The molecule has 1 aliphatic rings. The van der Waals surface area contributed by atoms with Crippen LogP contribution in [0.4, 0.5) is 0 Å². The van der Waals surface area contributed by atoms with Crippen molar-refractivity contribution in [2.45, 2.75) is 5.41 Å². The van der Waals surface area contributed by atoms with Gasteiger partial charge in [0, 0.05) is 26.7 Å². The van der Waals surface area contributed by atoms with Crippen LogP contribution in [0.15, 0.2) is 267 Å². The number of fused-ring (bicyclic) bond motifs is 5. The first-order valence-electron chi connectivity index (χ1n) is 22.4. The monoisotopic (exact) mass is 865 g/mol. The largest absolute Gasteiger partial charge is 0.309 e. The van der Waals surface area contributed by atoms with Gasteiger partial charge in [-0.25, -0.2) is 0 Å². The maximum absolute atomic E-state index is 15.8. The zero-order chi connectivity index (χ0) is 43.4. The first-order valence-corrected chi connectivity index (χ1v) is 26.1. The van der Waals surface area contributed by atoms with Crippen LogP contribution in [0.5, 0.6) is 0 Å². The van der Waals surface area contributed by atoms with Gasteiger partial charge in [-0.1, -0.05) is 255 Å². The summed E-state index contributed by atoms with van der Waals surface area (Å²) in [6, 6.07) is 96.4. The molecule has 0 saturated heterocycles. The van der Waals surface area contributed by atoms with Crippen molar-refractivity contribution in [2.75, 3.05) is 0 Å². The number of hydrogen-bond acceptors (Lipinski definition) is 1. The quantitative estimate of drug-likeness (QED) is 0.0805. The van der Waals surface area contributed by atoms with Gasteiger partial charge in [0.15, 0.2) is 15.2 Å². The van der Waals surface area contributed by atoms with Crippen LogP contribution >= 0.6 is 7.14 Å². The van der Waals surface area contributed by atoms with Gasteiger partial charge in [0.05, 0.1) is 22.1 Å². The van der Waals surface area contributed by atoms with E-state index in [1.54, 1.807) is 0 Å². The fourth-order valence-corrected chi connectivity index (χ4v) is 18.6. The first kappa shape index (κ1) is 39.1. The Hall–Kier alpha value is -7.55. The van der Waals surface area contributed by atoms with Crippen LogP contribution in [0.3, 0.4) is 0 Å². The van der Waals surface area contributed by atoms with Crippen LogP contribution in [-0.4, -0.2) is 12.6 Å². The summed E-state index contributed by atoms with van der Waals surface area (Å²) in [5.74, 6) is 0. The zero-order valence-corrected chi connectivity index (χ0v) is 37.6. The van der Waals surface area contributed by atoms with Gasteiger partial charge in [0.1, 0.15) is 0 Å². The van der Waals surface area contributed by atoms with Crippen molar-refractivity contribution in [1.29, 1.82) is 0 Å². The summed E-state index contributed by atoms with van der Waals surface area (Å²) in [7, 11) is -6.03. The second kappa shape index (κ2) is 15.6. The topological polar surface area (TPSA) is 22.0 Å². The summed E-state index contributed by atoms with van der Waals surface area (Å²) in [4.78, 5) is 0. The molecule has 0 spiro atoms. The van der Waals surface area contributed by atoms with E-state index in [0.29, 0.717) is 0 Å². The predicted octanol–water partition coefficient (Wildman–Crippen LogP) is 10.5. The number of aromatic nitrogens is 1. The molecule has 11 aromatic rings. The Bertz CT molecular complexity index is 3400. The van der Waals surface area contributed by atoms with E-state index in [9.17, 15) is 0 Å². The Morgan fingerprint density at radius 3 is 1.29 bits per heavy atom. The van der Waals surface area contributed by atoms with E-state index in [0.717, 1.165) is 27.2 Å². The number of benzene rings is 10. The van der Waals surface area contributed by atoms with E-state index in [1.165, 1.54) is 59.2 Å². The third kappa shape index (κ3) is 5.76. The van der Waals surface area contributed by atoms with Crippen molar-refractivity contribution in [2.24, 2.45) is 0 Å². The van der Waals surface area contributed by atoms with Crippen LogP contribution in [-0.2, 0) is 9.98 Å². The molecule has 0 fully saturated rings. The van der Waals surface area contributed by atoms with Crippen molar-refractivity contribution >= 4 is 73.7 Å². The van der Waals surface area contributed by atoms with Crippen molar-refractivity contribution in [1.82, 2.24) is 4.57 Å². The molecule has 4 heteroatoms. The highest BCUT2D eigenvalue weighted by atomic mass is 31.2. The molecular weight excluding hydrogens is 822 g/mol. The van der Waals surface area contributed by atoms with E-state index in [4.69, 9.17) is 0 Å². The molecule has 1 unspecified atom stereocenters. The van der Waals surface area contributed by atoms with Gasteiger partial charge in [-0.15, -0.1) is 0 Å². The highest BCUT2D eigenvalue weighted by Gasteiger charge is 2.47. The molecule has 2 heterocycles. The van der Waals surface area contributed by atoms with Crippen LogP contribution in [0.25, 0.3) is 27.5 Å². The lowest BCUT2D eigenvalue weighted by atomic mass is 9.63. The summed E-state index contributed by atoms with van der Waals surface area (Å²) < 4.78 is 18.2. The summed E-state index contributed by atoms with van der Waals surface area (Å²) in [6.07, 6.45) is 0. The van der Waals surface area contributed by atoms with Crippen LogP contribution in [0, 0.1) is 0 Å². The Morgan fingerprint density at radius 1 is 0.338 bits per heavy atom. The lowest BCUT2D eigenvalue weighted by Gasteiger charge is -2.42. The smallest absolute Gasteiger partial charge is 0.179 e. The van der Waals surface area contributed by atoms with Crippen molar-refractivity contribution < 1.29 is 4.57 Å². The summed E-state index contributed by atoms with van der Waals surface area (Å²) in [6.45, 7) is 0. The second-order valence-corrected chi connectivity index (χ2v) is 23.7. The molecule has 308 valence electrons. The minimum Gasteiger partial charge on any atom is -0.309 e. The van der Waals surface area contributed by atoms with E-state index >= 15 is 4.57 Å². The number of rotatable bonds is 9. The lowest BCUT2D eigenvalue weighted by Crippen LogP contribution is -2.74. The molecule has 1 atom stereocenters. The molecule has 0 N–H and O–H groups in total. The van der Waals surface area contributed by atoms with Crippen molar-refractivity contribution in [3.05, 3.63) is 289 Å². The number of para-hydroxylation sites is 3. The molecule has 0 amide bonds. The highest BCUT2D eigenvalue weighted by Crippen LogP contribution is 2.54. The van der Waals surface area contributed by atoms with Crippen LogP contribution in [0.1, 0.15) is 22.3 Å². The minimum atomic E-state index is -3.23. The Labute approximate surface area is 381 Å². The lowest BCUT2D eigenvalue weighted by molar-refractivity contribution is 0.592. The molecular formula is C61H44NOPSi. The highest BCUT2D eigenvalue weighted by molar-refractivity contribution is 7.85. The maximum Gasteiger partial charge on any atom is 0.179 e. The molecule has 65 heavy (non-hydrogen) atoms. The van der Waals surface area contributed by atoms with E-state index < -0.39 is 20.6 Å². The standard InChI is InChI=1S/C61H44NOPSi/c63-64(47-21-6-1-7-22-47,48-23-8-2-9-24-48)49-41-37-45(38-42-49)61(56-33-17-19-36-59(56)62-58-35-18-16-31-54(58)55-32-20-34-57(61)60(55)62)46-39-43-53(44-40-46)65(50-25-10-3-11-26-50,51-27-12-4-13-28-51)52-29-14-5-15-30-52/h1-44H. The minimum absolute atomic E-state index is 0.739. The van der Waals surface area contributed by atoms with Crippen LogP contribution in [0.2, 0.25) is 0 Å². The number of nitrogens with zero attached hydrogens (tertiary/aromatic N) is 1. The Kier molecular flexibility index (Phi) is 9.38. The van der Waals surface area contributed by atoms with Crippen molar-refractivity contribution in [3.63, 3.8) is 0 Å². The summed E-state index contributed by atoms with van der Waals surface area (Å²) in [5.41, 5.74) is 7.54. The fourth-order valence-electron chi connectivity index (χ4n) is 11.2. The molecule has 0 radical (unpaired) electrons. The van der Waals surface area contributed by atoms with Crippen LogP contribution < -0.4 is 36.7 Å². The molecule has 12 rings (SSSR count). The average molecular weight is 866 g/mol. The summed E-state index contributed by atoms with van der Waals surface area (Å²) >= 11 is 0. The Morgan fingerprint density at radius 2 is 0.738 bits per heavy atom. The molecule has 1 aliphatic heterocycles. The molecule has 0 bridgehead atoms. The molecule has 10 aromatic carbocycles.